The number of aliphatic hydroxyl groups excluding tert-OH is 1. The fourth-order valence-electron chi connectivity index (χ4n) is 2.62. The Labute approximate surface area is 126 Å². The monoisotopic (exact) mass is 316 g/mol. The summed E-state index contributed by atoms with van der Waals surface area (Å²) in [5, 5.41) is 13.3. The number of aromatic nitrogens is 2. The van der Waals surface area contributed by atoms with Crippen LogP contribution in [0.5, 0.6) is 0 Å². The number of hydrogen-bond acceptors (Lipinski definition) is 5. The van der Waals surface area contributed by atoms with Crippen molar-refractivity contribution in [1.82, 2.24) is 19.4 Å². The zero-order valence-electron chi connectivity index (χ0n) is 12.4. The smallest absolute Gasteiger partial charge is 0.243 e. The van der Waals surface area contributed by atoms with Crippen molar-refractivity contribution in [3.8, 4) is 0 Å². The summed E-state index contributed by atoms with van der Waals surface area (Å²) < 4.78 is 28.4. The Morgan fingerprint density at radius 1 is 1.48 bits per heavy atom. The maximum absolute atomic E-state index is 12.1. The fraction of sp³-hybridized carbons (Fsp3) is 0.769. The molecule has 1 aromatic heterocycles. The lowest BCUT2D eigenvalue weighted by Crippen LogP contribution is -2.45. The highest BCUT2D eigenvalue weighted by Gasteiger charge is 2.22. The van der Waals surface area contributed by atoms with Crippen LogP contribution in [0.25, 0.3) is 0 Å². The summed E-state index contributed by atoms with van der Waals surface area (Å²) in [5.41, 5.74) is 0. The molecule has 1 aliphatic heterocycles. The molecule has 0 radical (unpaired) electrons. The van der Waals surface area contributed by atoms with Gasteiger partial charge in [-0.2, -0.15) is 5.10 Å². The van der Waals surface area contributed by atoms with Crippen molar-refractivity contribution in [1.29, 1.82) is 0 Å². The summed E-state index contributed by atoms with van der Waals surface area (Å²) in [6.07, 6.45) is 6.10. The van der Waals surface area contributed by atoms with Gasteiger partial charge in [0.25, 0.3) is 0 Å². The van der Waals surface area contributed by atoms with E-state index in [4.69, 9.17) is 0 Å². The predicted molar refractivity (Wildman–Crippen MR) is 79.4 cm³/mol. The molecule has 8 heteroatoms. The Bertz CT molecular complexity index is 543. The van der Waals surface area contributed by atoms with Crippen LogP contribution >= 0.6 is 0 Å². The summed E-state index contributed by atoms with van der Waals surface area (Å²) in [5.74, 6) is 0. The molecule has 1 aliphatic rings. The highest BCUT2D eigenvalue weighted by atomic mass is 32.2. The topological polar surface area (TPSA) is 87.5 Å². The third-order valence-corrected chi connectivity index (χ3v) is 5.31. The Morgan fingerprint density at radius 3 is 2.95 bits per heavy atom. The van der Waals surface area contributed by atoms with Crippen LogP contribution in [0.2, 0.25) is 0 Å². The SMILES string of the molecule is CCn1cc(S(=O)(=O)NCCN2CCCCC2CO)cn1. The molecule has 2 heterocycles. The van der Waals surface area contributed by atoms with E-state index >= 15 is 0 Å². The van der Waals surface area contributed by atoms with Crippen LogP contribution < -0.4 is 4.72 Å². The number of likely N-dealkylation sites (tertiary alicyclic amines) is 1. The number of aryl methyl sites for hydroxylation is 1. The Balaban J connectivity index is 1.86. The van der Waals surface area contributed by atoms with Crippen molar-refractivity contribution in [3.05, 3.63) is 12.4 Å². The summed E-state index contributed by atoms with van der Waals surface area (Å²) in [6.45, 7) is 4.56. The molecule has 0 aromatic carbocycles. The predicted octanol–water partition coefficient (Wildman–Crippen LogP) is 0.0281. The maximum atomic E-state index is 12.1. The van der Waals surface area contributed by atoms with Gasteiger partial charge in [0, 0.05) is 31.9 Å². The van der Waals surface area contributed by atoms with E-state index in [9.17, 15) is 13.5 Å². The van der Waals surface area contributed by atoms with Crippen LogP contribution in [-0.2, 0) is 16.6 Å². The number of rotatable bonds is 7. The fourth-order valence-corrected chi connectivity index (χ4v) is 3.60. The standard InChI is InChI=1S/C13H24N4O3S/c1-2-17-10-13(9-14-17)21(19,20)15-6-8-16-7-4-3-5-12(16)11-18/h9-10,12,15,18H,2-8,11H2,1H3. The highest BCUT2D eigenvalue weighted by Crippen LogP contribution is 2.15. The molecule has 0 bridgehead atoms. The first kappa shape index (κ1) is 16.4. The molecule has 21 heavy (non-hydrogen) atoms. The molecular formula is C13H24N4O3S. The molecule has 7 nitrogen and oxygen atoms in total. The van der Waals surface area contributed by atoms with E-state index in [0.717, 1.165) is 25.8 Å². The number of nitrogens with one attached hydrogen (secondary N) is 1. The average molecular weight is 316 g/mol. The average Bonchev–Trinajstić information content (AvgIpc) is 2.97. The number of sulfonamides is 1. The second-order valence-corrected chi connectivity index (χ2v) is 7.06. The van der Waals surface area contributed by atoms with Gasteiger partial charge in [-0.25, -0.2) is 13.1 Å². The lowest BCUT2D eigenvalue weighted by molar-refractivity contribution is 0.0923. The number of nitrogens with zero attached hydrogens (tertiary/aromatic N) is 3. The van der Waals surface area contributed by atoms with Gasteiger partial charge in [-0.15, -0.1) is 0 Å². The first-order valence-corrected chi connectivity index (χ1v) is 8.92. The van der Waals surface area contributed by atoms with Gasteiger partial charge in [0.05, 0.1) is 12.8 Å². The van der Waals surface area contributed by atoms with Crippen LogP contribution in [0.4, 0.5) is 0 Å². The first-order valence-electron chi connectivity index (χ1n) is 7.44. The third-order valence-electron chi connectivity index (χ3n) is 3.89. The first-order chi connectivity index (χ1) is 10.1. The summed E-state index contributed by atoms with van der Waals surface area (Å²) in [7, 11) is -3.50. The van der Waals surface area contributed by atoms with Gasteiger partial charge < -0.3 is 5.11 Å². The zero-order chi connectivity index (χ0) is 15.3. The number of piperidine rings is 1. The van der Waals surface area contributed by atoms with Crippen molar-refractivity contribution in [2.75, 3.05) is 26.2 Å². The van der Waals surface area contributed by atoms with Gasteiger partial charge in [-0.1, -0.05) is 6.42 Å². The van der Waals surface area contributed by atoms with E-state index in [1.54, 1.807) is 4.68 Å². The van der Waals surface area contributed by atoms with Crippen molar-refractivity contribution in [2.45, 2.75) is 43.7 Å². The summed E-state index contributed by atoms with van der Waals surface area (Å²) in [4.78, 5) is 2.35. The van der Waals surface area contributed by atoms with Crippen molar-refractivity contribution < 1.29 is 13.5 Å². The van der Waals surface area contributed by atoms with E-state index in [0.29, 0.717) is 19.6 Å². The lowest BCUT2D eigenvalue weighted by Gasteiger charge is -2.34. The summed E-state index contributed by atoms with van der Waals surface area (Å²) >= 11 is 0. The van der Waals surface area contributed by atoms with Crippen molar-refractivity contribution >= 4 is 10.0 Å². The molecule has 0 spiro atoms. The van der Waals surface area contributed by atoms with Crippen LogP contribution in [-0.4, -0.2) is 60.5 Å². The molecule has 1 unspecified atom stereocenters. The molecule has 0 aliphatic carbocycles. The molecule has 1 aromatic rings. The maximum Gasteiger partial charge on any atom is 0.243 e. The largest absolute Gasteiger partial charge is 0.395 e. The van der Waals surface area contributed by atoms with Gasteiger partial charge >= 0.3 is 0 Å². The Morgan fingerprint density at radius 2 is 2.29 bits per heavy atom. The zero-order valence-corrected chi connectivity index (χ0v) is 13.2. The normalized spacial score (nSPS) is 20.8. The van der Waals surface area contributed by atoms with Gasteiger partial charge in [0.2, 0.25) is 10.0 Å². The van der Waals surface area contributed by atoms with Gasteiger partial charge in [-0.05, 0) is 26.3 Å². The van der Waals surface area contributed by atoms with Gasteiger partial charge in [0.15, 0.2) is 0 Å². The van der Waals surface area contributed by atoms with Crippen LogP contribution in [0.15, 0.2) is 17.3 Å². The number of aliphatic hydroxyl groups is 1. The molecule has 2 rings (SSSR count). The minimum absolute atomic E-state index is 0.135. The van der Waals surface area contributed by atoms with Gasteiger partial charge in [0.1, 0.15) is 4.90 Å². The van der Waals surface area contributed by atoms with Crippen molar-refractivity contribution in [3.63, 3.8) is 0 Å². The van der Waals surface area contributed by atoms with Gasteiger partial charge in [-0.3, -0.25) is 9.58 Å². The minimum Gasteiger partial charge on any atom is -0.395 e. The van der Waals surface area contributed by atoms with Crippen LogP contribution in [0, 0.1) is 0 Å². The second-order valence-electron chi connectivity index (χ2n) is 5.30. The second kappa shape index (κ2) is 7.35. The Hall–Kier alpha value is -0.960. The highest BCUT2D eigenvalue weighted by molar-refractivity contribution is 7.89. The van der Waals surface area contributed by atoms with E-state index in [1.165, 1.54) is 12.4 Å². The summed E-state index contributed by atoms with van der Waals surface area (Å²) in [6, 6.07) is 0.158. The molecule has 0 amide bonds. The Kier molecular flexibility index (Phi) is 5.74. The molecule has 0 saturated carbocycles. The lowest BCUT2D eigenvalue weighted by atomic mass is 10.0. The molecule has 2 N–H and O–H groups in total. The molecule has 1 fully saturated rings. The van der Waals surface area contributed by atoms with E-state index in [2.05, 4.69) is 14.7 Å². The van der Waals surface area contributed by atoms with E-state index in [1.807, 2.05) is 6.92 Å². The molecular weight excluding hydrogens is 292 g/mol. The molecule has 1 atom stereocenters. The molecule has 120 valence electrons. The minimum atomic E-state index is -3.50. The van der Waals surface area contributed by atoms with Crippen LogP contribution in [0.3, 0.4) is 0 Å². The number of hydrogen-bond donors (Lipinski definition) is 2. The third kappa shape index (κ3) is 4.26. The van der Waals surface area contributed by atoms with E-state index in [-0.39, 0.29) is 17.5 Å². The van der Waals surface area contributed by atoms with Crippen molar-refractivity contribution in [2.24, 2.45) is 0 Å². The molecule has 1 saturated heterocycles. The van der Waals surface area contributed by atoms with E-state index < -0.39 is 10.0 Å². The quantitative estimate of drug-likeness (QED) is 0.741. The van der Waals surface area contributed by atoms with Crippen LogP contribution in [0.1, 0.15) is 26.2 Å².